The molecule has 0 aromatic rings. The highest BCUT2D eigenvalue weighted by molar-refractivity contribution is 8.78. The highest BCUT2D eigenvalue weighted by Gasteiger charge is 2.80. The first-order valence-electron chi connectivity index (χ1n) is 12.3. The number of carbonyl (C=O) groups is 3. The van der Waals surface area contributed by atoms with Crippen molar-refractivity contribution in [3.8, 4) is 0 Å². The van der Waals surface area contributed by atoms with Gasteiger partial charge in [0.05, 0.1) is 17.7 Å². The van der Waals surface area contributed by atoms with Gasteiger partial charge >= 0.3 is 5.97 Å². The van der Waals surface area contributed by atoms with Crippen LogP contribution >= 0.6 is 21.6 Å². The van der Waals surface area contributed by atoms with Crippen LogP contribution < -0.4 is 0 Å². The molecule has 36 heavy (non-hydrogen) atoms. The molecule has 9 rings (SSSR count). The number of amides is 2. The summed E-state index contributed by atoms with van der Waals surface area (Å²) in [7, 11) is 2.98. The Morgan fingerprint density at radius 1 is 0.917 bits per heavy atom. The number of carbonyl (C=O) groups excluding carboxylic acids is 3. The van der Waals surface area contributed by atoms with Crippen molar-refractivity contribution in [3.63, 3.8) is 0 Å². The van der Waals surface area contributed by atoms with E-state index in [0.717, 1.165) is 11.1 Å². The first-order chi connectivity index (χ1) is 17.0. The third-order valence-corrected chi connectivity index (χ3v) is 11.8. The van der Waals surface area contributed by atoms with Gasteiger partial charge in [-0.05, 0) is 44.1 Å². The normalized spacial score (nSPS) is 48.8. The largest absolute Gasteiger partial charge is 0.455 e. The third-order valence-electron chi connectivity index (χ3n) is 8.27. The van der Waals surface area contributed by atoms with Crippen LogP contribution in [0.5, 0.6) is 0 Å². The van der Waals surface area contributed by atoms with E-state index in [9.17, 15) is 14.4 Å². The van der Waals surface area contributed by atoms with Gasteiger partial charge in [0.15, 0.2) is 9.74 Å². The molecule has 7 fully saturated rings. The van der Waals surface area contributed by atoms with Gasteiger partial charge < -0.3 is 24.0 Å². The van der Waals surface area contributed by atoms with E-state index >= 15 is 0 Å². The Labute approximate surface area is 215 Å². The summed E-state index contributed by atoms with van der Waals surface area (Å²) in [5.74, 6) is -0.465. The van der Waals surface area contributed by atoms with Crippen LogP contribution in [0.25, 0.3) is 0 Å². The van der Waals surface area contributed by atoms with Crippen molar-refractivity contribution in [1.82, 2.24) is 9.80 Å². The molecule has 2 aliphatic carbocycles. The lowest BCUT2D eigenvalue weighted by molar-refractivity contribution is -0.366. The Hall–Kier alpha value is -1.57. The zero-order valence-corrected chi connectivity index (χ0v) is 21.8. The van der Waals surface area contributed by atoms with Crippen molar-refractivity contribution in [2.45, 2.75) is 105 Å². The topological polar surface area (TPSA) is 110 Å². The van der Waals surface area contributed by atoms with E-state index < -0.39 is 21.4 Å². The number of nitrogens with zero attached hydrogens (tertiary/aromatic N) is 2. The minimum absolute atomic E-state index is 0.0460. The Balaban J connectivity index is 1.15. The fourth-order valence-electron chi connectivity index (χ4n) is 6.90. The molecular formula is C24H26N2O8S2. The zero-order valence-electron chi connectivity index (χ0n) is 20.2. The number of hydrogen-bond acceptors (Lipinski definition) is 10. The van der Waals surface area contributed by atoms with E-state index in [1.54, 1.807) is 4.90 Å². The van der Waals surface area contributed by atoms with Crippen molar-refractivity contribution in [3.05, 3.63) is 23.3 Å². The van der Waals surface area contributed by atoms with Crippen LogP contribution in [0.15, 0.2) is 23.3 Å². The summed E-state index contributed by atoms with van der Waals surface area (Å²) < 4.78 is 17.4. The van der Waals surface area contributed by atoms with Gasteiger partial charge in [-0.3, -0.25) is 14.4 Å². The molecule has 10 atom stereocenters. The molecule has 2 bridgehead atoms. The van der Waals surface area contributed by atoms with E-state index in [1.807, 2.05) is 37.8 Å². The Morgan fingerprint density at radius 2 is 1.42 bits per heavy atom. The van der Waals surface area contributed by atoms with Crippen molar-refractivity contribution in [2.75, 3.05) is 0 Å². The lowest BCUT2D eigenvalue weighted by Gasteiger charge is -2.58. The molecule has 2 amide bonds. The summed E-state index contributed by atoms with van der Waals surface area (Å²) in [4.78, 5) is 53.1. The van der Waals surface area contributed by atoms with Crippen molar-refractivity contribution in [2.24, 2.45) is 0 Å². The maximum absolute atomic E-state index is 14.3. The van der Waals surface area contributed by atoms with E-state index in [4.69, 9.17) is 24.0 Å². The van der Waals surface area contributed by atoms with E-state index in [1.165, 1.54) is 28.5 Å². The standard InChI is InChI=1S/C24H26N2O8S2/c1-9(27)30-12-5-10-7-23-20(28)26-15-11(6-13(17-19(15)32-17)33-34-22(2,3)4)8-24(26,36-35-23)21(29)25(23)14(10)18-16(12)31-18/h5-6,12-19H,7-8H2,1-4H3/t12-,13-,14-,15-,16?,17?,18+,19+,23+,24+/m0/s1. The second kappa shape index (κ2) is 6.70. The van der Waals surface area contributed by atoms with Crippen molar-refractivity contribution >= 4 is 39.4 Å². The van der Waals surface area contributed by atoms with Gasteiger partial charge in [0.2, 0.25) is 0 Å². The van der Waals surface area contributed by atoms with Crippen molar-refractivity contribution in [1.29, 1.82) is 0 Å². The molecule has 192 valence electrons. The smallest absolute Gasteiger partial charge is 0.303 e. The number of hydrogen-bond donors (Lipinski definition) is 0. The van der Waals surface area contributed by atoms with Crippen LogP contribution in [0.2, 0.25) is 0 Å². The number of fused-ring (bicyclic) bond motifs is 7. The van der Waals surface area contributed by atoms with Gasteiger partial charge in [-0.15, -0.1) is 0 Å². The maximum atomic E-state index is 14.3. The minimum atomic E-state index is -1.02. The number of piperazine rings is 1. The lowest BCUT2D eigenvalue weighted by Crippen LogP contribution is -2.76. The first kappa shape index (κ1) is 22.4. The average Bonchev–Trinajstić information content (AvgIpc) is 3.70. The molecule has 0 aromatic carbocycles. The Morgan fingerprint density at radius 3 is 1.92 bits per heavy atom. The Kier molecular flexibility index (Phi) is 4.17. The maximum Gasteiger partial charge on any atom is 0.303 e. The fourth-order valence-corrected chi connectivity index (χ4v) is 10.6. The Bertz CT molecular complexity index is 1200. The summed E-state index contributed by atoms with van der Waals surface area (Å²) in [6.45, 7) is 7.12. The second-order valence-corrected chi connectivity index (χ2v) is 14.5. The molecule has 12 heteroatoms. The van der Waals surface area contributed by atoms with Crippen LogP contribution in [-0.2, 0) is 38.4 Å². The van der Waals surface area contributed by atoms with Gasteiger partial charge in [-0.1, -0.05) is 21.6 Å². The molecule has 0 aromatic heterocycles. The highest BCUT2D eigenvalue weighted by atomic mass is 33.1. The summed E-state index contributed by atoms with van der Waals surface area (Å²) in [5.41, 5.74) is 1.48. The molecule has 0 N–H and O–H groups in total. The SMILES string of the molecule is CC(=O)O[C@H]1C=C2C[C@@]34SS[C@]5(CC6=C[C@H](OOC(C)(C)C)C7O[C@@H]7[C@H]6N5C3=O)C(=O)N4[C@@H]2[C@H]2OC12. The number of epoxide rings is 2. The predicted molar refractivity (Wildman–Crippen MR) is 126 cm³/mol. The summed E-state index contributed by atoms with van der Waals surface area (Å²) in [6.07, 6.45) is 2.94. The molecular weight excluding hydrogens is 508 g/mol. The molecule has 2 spiro atoms. The quantitative estimate of drug-likeness (QED) is 0.132. The minimum Gasteiger partial charge on any atom is -0.455 e. The molecule has 9 aliphatic rings. The summed E-state index contributed by atoms with van der Waals surface area (Å²) in [6, 6.07) is -0.577. The van der Waals surface area contributed by atoms with E-state index in [2.05, 4.69) is 0 Å². The van der Waals surface area contributed by atoms with Crippen LogP contribution in [0.3, 0.4) is 0 Å². The number of esters is 1. The van der Waals surface area contributed by atoms with Crippen molar-refractivity contribution < 1.29 is 38.4 Å². The number of rotatable bonds is 3. The molecule has 7 heterocycles. The second-order valence-electron chi connectivity index (χ2n) is 11.8. The van der Waals surface area contributed by atoms with E-state index in [-0.39, 0.29) is 60.4 Å². The predicted octanol–water partition coefficient (Wildman–Crippen LogP) is 1.45. The lowest BCUT2D eigenvalue weighted by atomic mass is 9.91. The molecule has 2 unspecified atom stereocenters. The first-order valence-corrected chi connectivity index (χ1v) is 14.5. The summed E-state index contributed by atoms with van der Waals surface area (Å²) >= 11 is 0. The molecule has 0 radical (unpaired) electrons. The van der Waals surface area contributed by atoms with Crippen LogP contribution in [0.1, 0.15) is 40.5 Å². The van der Waals surface area contributed by atoms with E-state index in [0.29, 0.717) is 12.8 Å². The number of ether oxygens (including phenoxy) is 3. The monoisotopic (exact) mass is 534 g/mol. The average molecular weight is 535 g/mol. The van der Waals surface area contributed by atoms with Crippen LogP contribution in [-0.4, -0.2) is 91.6 Å². The molecule has 10 nitrogen and oxygen atoms in total. The van der Waals surface area contributed by atoms with Crippen LogP contribution in [0.4, 0.5) is 0 Å². The highest BCUT2D eigenvalue weighted by Crippen LogP contribution is 2.71. The third kappa shape index (κ3) is 2.68. The molecule has 7 saturated heterocycles. The van der Waals surface area contributed by atoms with Gasteiger partial charge in [0.25, 0.3) is 11.8 Å². The van der Waals surface area contributed by atoms with Gasteiger partial charge in [0.1, 0.15) is 36.6 Å². The van der Waals surface area contributed by atoms with Gasteiger partial charge in [-0.2, -0.15) is 0 Å². The zero-order chi connectivity index (χ0) is 24.9. The fraction of sp³-hybridized carbons (Fsp3) is 0.708. The van der Waals surface area contributed by atoms with Gasteiger partial charge in [-0.25, -0.2) is 9.78 Å². The summed E-state index contributed by atoms with van der Waals surface area (Å²) in [5, 5.41) is 0. The molecule has 0 saturated carbocycles. The van der Waals surface area contributed by atoms with Gasteiger partial charge in [0, 0.05) is 19.8 Å². The molecule has 7 aliphatic heterocycles. The van der Waals surface area contributed by atoms with Crippen LogP contribution in [0, 0.1) is 0 Å².